The Bertz CT molecular complexity index is 704. The highest BCUT2D eigenvalue weighted by Crippen LogP contribution is 2.22. The zero-order chi connectivity index (χ0) is 16.1. The normalized spacial score (nSPS) is 10.1. The first-order valence-corrected chi connectivity index (χ1v) is 6.60. The maximum atomic E-state index is 12.1. The molecule has 1 aromatic heterocycles. The van der Waals surface area contributed by atoms with Crippen molar-refractivity contribution in [2.24, 2.45) is 0 Å². The Balaban J connectivity index is 2.11. The molecule has 0 atom stereocenters. The second kappa shape index (κ2) is 6.86. The Morgan fingerprint density at radius 1 is 1.41 bits per heavy atom. The zero-order valence-electron chi connectivity index (χ0n) is 11.6. The van der Waals surface area contributed by atoms with Crippen molar-refractivity contribution in [2.75, 3.05) is 7.11 Å². The fourth-order valence-electron chi connectivity index (χ4n) is 1.76. The highest BCUT2D eigenvalue weighted by molar-refractivity contribution is 6.31. The van der Waals surface area contributed by atoms with E-state index in [4.69, 9.17) is 16.3 Å². The van der Waals surface area contributed by atoms with E-state index >= 15 is 0 Å². The Morgan fingerprint density at radius 2 is 2.18 bits per heavy atom. The molecule has 2 aromatic rings. The third-order valence-corrected chi connectivity index (χ3v) is 3.09. The predicted molar refractivity (Wildman–Crippen MR) is 80.1 cm³/mol. The Kier molecular flexibility index (Phi) is 4.90. The molecule has 1 heterocycles. The average molecular weight is 322 g/mol. The minimum atomic E-state index is -0.625. The van der Waals surface area contributed by atoms with Gasteiger partial charge >= 0.3 is 0 Å². The molecule has 7 nitrogen and oxygen atoms in total. The first kappa shape index (κ1) is 15.7. The smallest absolute Gasteiger partial charge is 0.282 e. The topological polar surface area (TPSA) is 94.4 Å². The summed E-state index contributed by atoms with van der Waals surface area (Å²) in [5.41, 5.74) is 0.354. The molecule has 0 aliphatic heterocycles. The van der Waals surface area contributed by atoms with Crippen LogP contribution in [-0.2, 0) is 6.54 Å². The number of nitro groups is 1. The second-order valence-electron chi connectivity index (χ2n) is 4.31. The van der Waals surface area contributed by atoms with E-state index in [0.29, 0.717) is 5.88 Å². The van der Waals surface area contributed by atoms with Gasteiger partial charge in [0.05, 0.1) is 12.0 Å². The summed E-state index contributed by atoms with van der Waals surface area (Å²) >= 11 is 5.79. The lowest BCUT2D eigenvalue weighted by molar-refractivity contribution is -0.385. The number of pyridine rings is 1. The van der Waals surface area contributed by atoms with E-state index in [9.17, 15) is 14.9 Å². The molecule has 1 aromatic carbocycles. The lowest BCUT2D eigenvalue weighted by atomic mass is 10.1. The monoisotopic (exact) mass is 321 g/mol. The van der Waals surface area contributed by atoms with Gasteiger partial charge in [-0.15, -0.1) is 0 Å². The summed E-state index contributed by atoms with van der Waals surface area (Å²) in [5, 5.41) is 13.8. The number of ether oxygens (including phenoxy) is 1. The molecule has 114 valence electrons. The molecule has 1 N–H and O–H groups in total. The van der Waals surface area contributed by atoms with Crippen molar-refractivity contribution in [3.05, 3.63) is 62.8 Å². The number of nitrogens with one attached hydrogen (secondary N) is 1. The second-order valence-corrected chi connectivity index (χ2v) is 4.75. The van der Waals surface area contributed by atoms with Gasteiger partial charge in [0.1, 0.15) is 5.56 Å². The summed E-state index contributed by atoms with van der Waals surface area (Å²) in [6.45, 7) is 0.180. The molecule has 0 fully saturated rings. The molecule has 0 radical (unpaired) electrons. The van der Waals surface area contributed by atoms with Gasteiger partial charge in [-0.2, -0.15) is 0 Å². The number of amides is 1. The predicted octanol–water partition coefficient (Wildman–Crippen LogP) is 2.58. The first-order valence-electron chi connectivity index (χ1n) is 6.22. The number of methoxy groups -OCH3 is 1. The highest BCUT2D eigenvalue weighted by Gasteiger charge is 2.20. The lowest BCUT2D eigenvalue weighted by Gasteiger charge is -2.07. The highest BCUT2D eigenvalue weighted by atomic mass is 35.5. The molecular formula is C14H12ClN3O4. The van der Waals surface area contributed by atoms with Crippen LogP contribution in [0.3, 0.4) is 0 Å². The van der Waals surface area contributed by atoms with Crippen molar-refractivity contribution >= 4 is 23.2 Å². The van der Waals surface area contributed by atoms with Gasteiger partial charge in [0.25, 0.3) is 11.6 Å². The van der Waals surface area contributed by atoms with Gasteiger partial charge in [-0.3, -0.25) is 14.9 Å². The Labute approximate surface area is 131 Å². The fourth-order valence-corrected chi connectivity index (χ4v) is 1.94. The maximum Gasteiger partial charge on any atom is 0.282 e. The van der Waals surface area contributed by atoms with Crippen molar-refractivity contribution in [3.63, 3.8) is 0 Å². The van der Waals surface area contributed by atoms with Gasteiger partial charge in [-0.05, 0) is 17.7 Å². The molecular weight excluding hydrogens is 310 g/mol. The van der Waals surface area contributed by atoms with Crippen LogP contribution in [0.1, 0.15) is 15.9 Å². The Hall–Kier alpha value is -2.67. The minimum absolute atomic E-state index is 0.0843. The molecule has 2 rings (SSSR count). The third kappa shape index (κ3) is 3.70. The number of hydrogen-bond acceptors (Lipinski definition) is 5. The zero-order valence-corrected chi connectivity index (χ0v) is 12.3. The summed E-state index contributed by atoms with van der Waals surface area (Å²) in [7, 11) is 1.50. The van der Waals surface area contributed by atoms with Gasteiger partial charge < -0.3 is 10.1 Å². The van der Waals surface area contributed by atoms with Gasteiger partial charge in [-0.1, -0.05) is 17.7 Å². The largest absolute Gasteiger partial charge is 0.481 e. The van der Waals surface area contributed by atoms with Crippen molar-refractivity contribution in [3.8, 4) is 5.88 Å². The van der Waals surface area contributed by atoms with Crippen molar-refractivity contribution < 1.29 is 14.5 Å². The van der Waals surface area contributed by atoms with E-state index in [0.717, 1.165) is 5.56 Å². The maximum absolute atomic E-state index is 12.1. The van der Waals surface area contributed by atoms with Crippen LogP contribution in [0.15, 0.2) is 36.5 Å². The van der Waals surface area contributed by atoms with Gasteiger partial charge in [0.2, 0.25) is 5.88 Å². The number of benzene rings is 1. The summed E-state index contributed by atoms with van der Waals surface area (Å²) in [4.78, 5) is 26.4. The molecule has 0 unspecified atom stereocenters. The van der Waals surface area contributed by atoms with Crippen LogP contribution < -0.4 is 10.1 Å². The van der Waals surface area contributed by atoms with E-state index in [2.05, 4.69) is 10.3 Å². The van der Waals surface area contributed by atoms with E-state index in [1.54, 1.807) is 18.3 Å². The van der Waals surface area contributed by atoms with Crippen molar-refractivity contribution in [1.82, 2.24) is 10.3 Å². The van der Waals surface area contributed by atoms with Crippen LogP contribution in [-0.4, -0.2) is 22.9 Å². The molecule has 0 aliphatic carbocycles. The molecule has 8 heteroatoms. The van der Waals surface area contributed by atoms with Crippen molar-refractivity contribution in [1.29, 1.82) is 0 Å². The minimum Gasteiger partial charge on any atom is -0.481 e. The molecule has 0 spiro atoms. The van der Waals surface area contributed by atoms with Crippen LogP contribution in [0.2, 0.25) is 5.02 Å². The fraction of sp³-hybridized carbons (Fsp3) is 0.143. The van der Waals surface area contributed by atoms with Crippen molar-refractivity contribution in [2.45, 2.75) is 6.54 Å². The van der Waals surface area contributed by atoms with E-state index in [1.165, 1.54) is 25.3 Å². The number of aromatic nitrogens is 1. The number of hydrogen-bond donors (Lipinski definition) is 1. The summed E-state index contributed by atoms with van der Waals surface area (Å²) in [5.74, 6) is -0.120. The van der Waals surface area contributed by atoms with E-state index in [1.807, 2.05) is 0 Å². The average Bonchev–Trinajstić information content (AvgIpc) is 2.52. The number of rotatable bonds is 5. The number of nitrogens with zero attached hydrogens (tertiary/aromatic N) is 2. The van der Waals surface area contributed by atoms with Crippen LogP contribution in [0.4, 0.5) is 5.69 Å². The number of carbonyl (C=O) groups is 1. The van der Waals surface area contributed by atoms with Crippen LogP contribution in [0.5, 0.6) is 5.88 Å². The summed E-state index contributed by atoms with van der Waals surface area (Å²) in [6, 6.07) is 7.22. The van der Waals surface area contributed by atoms with Crippen LogP contribution in [0.25, 0.3) is 0 Å². The Morgan fingerprint density at radius 3 is 2.77 bits per heavy atom. The third-order valence-electron chi connectivity index (χ3n) is 2.86. The van der Waals surface area contributed by atoms with Crippen LogP contribution >= 0.6 is 11.6 Å². The molecule has 0 bridgehead atoms. The standard InChI is InChI=1S/C14H12ClN3O4/c1-22-13-5-2-9(7-16-13)8-17-14(19)11-6-10(15)3-4-12(11)18(20)21/h2-7H,8H2,1H3,(H,17,19). The van der Waals surface area contributed by atoms with Gasteiger partial charge in [0.15, 0.2) is 0 Å². The lowest BCUT2D eigenvalue weighted by Crippen LogP contribution is -2.23. The van der Waals surface area contributed by atoms with Crippen LogP contribution in [0, 0.1) is 10.1 Å². The molecule has 0 aliphatic rings. The quantitative estimate of drug-likeness (QED) is 0.674. The number of halogens is 1. The summed E-state index contributed by atoms with van der Waals surface area (Å²) < 4.78 is 4.93. The number of nitro benzene ring substituents is 1. The molecule has 1 amide bonds. The van der Waals surface area contributed by atoms with Gasteiger partial charge in [-0.25, -0.2) is 4.98 Å². The SMILES string of the molecule is COc1ccc(CNC(=O)c2cc(Cl)ccc2[N+](=O)[O-])cn1. The van der Waals surface area contributed by atoms with Gasteiger partial charge in [0, 0.05) is 29.9 Å². The number of carbonyl (C=O) groups excluding carboxylic acids is 1. The van der Waals surface area contributed by atoms with E-state index < -0.39 is 10.8 Å². The molecule has 0 saturated heterocycles. The summed E-state index contributed by atoms with van der Waals surface area (Å²) in [6.07, 6.45) is 1.55. The van der Waals surface area contributed by atoms with E-state index in [-0.39, 0.29) is 22.8 Å². The molecule has 22 heavy (non-hydrogen) atoms. The first-order chi connectivity index (χ1) is 10.5. The molecule has 0 saturated carbocycles.